The third kappa shape index (κ3) is 4.55. The van der Waals surface area contributed by atoms with Gasteiger partial charge in [-0.3, -0.25) is 9.59 Å². The molecule has 3 N–H and O–H groups in total. The van der Waals surface area contributed by atoms with Gasteiger partial charge in [0.2, 0.25) is 5.91 Å². The number of carbonyl (C=O) groups excluding carboxylic acids is 1. The predicted octanol–water partition coefficient (Wildman–Crippen LogP) is 0.772. The normalized spacial score (nSPS) is 11.8. The highest BCUT2D eigenvalue weighted by Crippen LogP contribution is 2.14. The maximum atomic E-state index is 11.0. The predicted molar refractivity (Wildman–Crippen MR) is 61.6 cm³/mol. The summed E-state index contributed by atoms with van der Waals surface area (Å²) in [6.45, 7) is 1.42. The fourth-order valence-electron chi connectivity index (χ4n) is 1.48. The minimum Gasteiger partial charge on any atom is -0.508 e. The van der Waals surface area contributed by atoms with E-state index in [4.69, 9.17) is 5.11 Å². The third-order valence-corrected chi connectivity index (χ3v) is 2.34. The number of hydrogen-bond donors (Lipinski definition) is 3. The Balaban J connectivity index is 2.66. The van der Waals surface area contributed by atoms with E-state index in [9.17, 15) is 14.7 Å². The zero-order valence-electron chi connectivity index (χ0n) is 9.51. The molecule has 1 atom stereocenters. The van der Waals surface area contributed by atoms with E-state index in [-0.39, 0.29) is 24.6 Å². The van der Waals surface area contributed by atoms with Gasteiger partial charge in [-0.15, -0.1) is 0 Å². The van der Waals surface area contributed by atoms with E-state index in [1.165, 1.54) is 19.1 Å². The molecule has 1 aromatic carbocycles. The number of aliphatic carboxylic acids is 1. The molecule has 0 heterocycles. The standard InChI is InChI=1S/C12H15NO4/c1-8(14)13-7-10(12(16)17)5-9-3-2-4-11(15)6-9/h2-4,6,10,15H,5,7H2,1H3,(H,13,14)(H,16,17). The van der Waals surface area contributed by atoms with Crippen LogP contribution in [-0.2, 0) is 16.0 Å². The van der Waals surface area contributed by atoms with Gasteiger partial charge in [0.1, 0.15) is 5.75 Å². The Labute approximate surface area is 99.1 Å². The van der Waals surface area contributed by atoms with Crippen molar-refractivity contribution >= 4 is 11.9 Å². The number of phenols is 1. The minimum atomic E-state index is -0.970. The number of carboxylic acids is 1. The lowest BCUT2D eigenvalue weighted by atomic mass is 9.99. The summed E-state index contributed by atoms with van der Waals surface area (Å²) < 4.78 is 0. The Bertz CT molecular complexity index is 417. The molecule has 0 aliphatic carbocycles. The van der Waals surface area contributed by atoms with Gasteiger partial charge in [0.25, 0.3) is 0 Å². The van der Waals surface area contributed by atoms with E-state index in [1.807, 2.05) is 0 Å². The highest BCUT2D eigenvalue weighted by Gasteiger charge is 2.18. The fraction of sp³-hybridized carbons (Fsp3) is 0.333. The van der Waals surface area contributed by atoms with E-state index >= 15 is 0 Å². The minimum absolute atomic E-state index is 0.0837. The lowest BCUT2D eigenvalue weighted by Gasteiger charge is -2.12. The first-order valence-corrected chi connectivity index (χ1v) is 5.24. The molecule has 0 spiro atoms. The number of carboxylic acid groups (broad SMARTS) is 1. The topological polar surface area (TPSA) is 86.6 Å². The molecule has 0 saturated heterocycles. The van der Waals surface area contributed by atoms with Crippen LogP contribution in [0.1, 0.15) is 12.5 Å². The SMILES string of the molecule is CC(=O)NCC(Cc1cccc(O)c1)C(=O)O. The summed E-state index contributed by atoms with van der Waals surface area (Å²) in [6, 6.07) is 6.43. The first-order valence-electron chi connectivity index (χ1n) is 5.24. The van der Waals surface area contributed by atoms with Crippen molar-refractivity contribution < 1.29 is 19.8 Å². The van der Waals surface area contributed by atoms with Gasteiger partial charge in [0, 0.05) is 13.5 Å². The maximum absolute atomic E-state index is 11.0. The molecule has 0 bridgehead atoms. The molecule has 17 heavy (non-hydrogen) atoms. The van der Waals surface area contributed by atoms with Crippen molar-refractivity contribution in [3.05, 3.63) is 29.8 Å². The number of hydrogen-bond acceptors (Lipinski definition) is 3. The summed E-state index contributed by atoms with van der Waals surface area (Å²) in [5, 5.41) is 20.7. The molecular weight excluding hydrogens is 222 g/mol. The van der Waals surface area contributed by atoms with Crippen LogP contribution in [-0.4, -0.2) is 28.6 Å². The quantitative estimate of drug-likeness (QED) is 0.706. The van der Waals surface area contributed by atoms with Crippen molar-refractivity contribution in [3.63, 3.8) is 0 Å². The zero-order valence-corrected chi connectivity index (χ0v) is 9.51. The van der Waals surface area contributed by atoms with Crippen molar-refractivity contribution in [2.45, 2.75) is 13.3 Å². The van der Waals surface area contributed by atoms with Crippen molar-refractivity contribution in [1.29, 1.82) is 0 Å². The van der Waals surface area contributed by atoms with Crippen LogP contribution in [0, 0.1) is 5.92 Å². The first kappa shape index (κ1) is 13.0. The Morgan fingerprint density at radius 3 is 2.65 bits per heavy atom. The van der Waals surface area contributed by atoms with Crippen LogP contribution in [0.15, 0.2) is 24.3 Å². The average Bonchev–Trinajstić information content (AvgIpc) is 2.23. The van der Waals surface area contributed by atoms with Crippen LogP contribution < -0.4 is 5.32 Å². The second-order valence-corrected chi connectivity index (χ2v) is 3.85. The fourth-order valence-corrected chi connectivity index (χ4v) is 1.48. The Morgan fingerprint density at radius 1 is 1.41 bits per heavy atom. The van der Waals surface area contributed by atoms with Gasteiger partial charge in [-0.25, -0.2) is 0 Å². The van der Waals surface area contributed by atoms with E-state index in [1.54, 1.807) is 12.1 Å². The smallest absolute Gasteiger partial charge is 0.308 e. The van der Waals surface area contributed by atoms with Gasteiger partial charge in [-0.2, -0.15) is 0 Å². The molecule has 0 radical (unpaired) electrons. The average molecular weight is 237 g/mol. The third-order valence-electron chi connectivity index (χ3n) is 2.34. The van der Waals surface area contributed by atoms with E-state index in [0.717, 1.165) is 5.56 Å². The lowest BCUT2D eigenvalue weighted by Crippen LogP contribution is -2.32. The number of rotatable bonds is 5. The summed E-state index contributed by atoms with van der Waals surface area (Å²) in [5.41, 5.74) is 0.725. The van der Waals surface area contributed by atoms with Crippen LogP contribution in [0.4, 0.5) is 0 Å². The zero-order chi connectivity index (χ0) is 12.8. The highest BCUT2D eigenvalue weighted by molar-refractivity contribution is 5.75. The largest absolute Gasteiger partial charge is 0.508 e. The molecule has 1 unspecified atom stereocenters. The number of aromatic hydroxyl groups is 1. The van der Waals surface area contributed by atoms with Crippen LogP contribution in [0.2, 0.25) is 0 Å². The summed E-state index contributed by atoms with van der Waals surface area (Å²) in [5.74, 6) is -1.82. The molecule has 1 aromatic rings. The molecular formula is C12H15NO4. The molecule has 1 amide bonds. The van der Waals surface area contributed by atoms with Gasteiger partial charge < -0.3 is 15.5 Å². The van der Waals surface area contributed by atoms with Crippen LogP contribution >= 0.6 is 0 Å². The van der Waals surface area contributed by atoms with Crippen LogP contribution in [0.5, 0.6) is 5.75 Å². The van der Waals surface area contributed by atoms with Crippen LogP contribution in [0.25, 0.3) is 0 Å². The number of amides is 1. The van der Waals surface area contributed by atoms with Crippen molar-refractivity contribution in [1.82, 2.24) is 5.32 Å². The Morgan fingerprint density at radius 2 is 2.12 bits per heavy atom. The number of benzene rings is 1. The summed E-state index contributed by atoms with van der Waals surface area (Å²) in [7, 11) is 0. The number of nitrogens with one attached hydrogen (secondary N) is 1. The maximum Gasteiger partial charge on any atom is 0.308 e. The summed E-state index contributed by atoms with van der Waals surface area (Å²) in [4.78, 5) is 21.7. The van der Waals surface area contributed by atoms with E-state index < -0.39 is 11.9 Å². The summed E-state index contributed by atoms with van der Waals surface area (Å²) >= 11 is 0. The molecule has 92 valence electrons. The van der Waals surface area contributed by atoms with Gasteiger partial charge in [0.15, 0.2) is 0 Å². The van der Waals surface area contributed by atoms with Gasteiger partial charge in [0.05, 0.1) is 5.92 Å². The molecule has 0 fully saturated rings. The summed E-state index contributed by atoms with van der Waals surface area (Å²) in [6.07, 6.45) is 0.268. The molecule has 5 nitrogen and oxygen atoms in total. The van der Waals surface area contributed by atoms with Gasteiger partial charge >= 0.3 is 5.97 Å². The van der Waals surface area contributed by atoms with Crippen molar-refractivity contribution in [3.8, 4) is 5.75 Å². The van der Waals surface area contributed by atoms with Crippen molar-refractivity contribution in [2.24, 2.45) is 5.92 Å². The number of phenolic OH excluding ortho intramolecular Hbond substituents is 1. The van der Waals surface area contributed by atoms with Gasteiger partial charge in [-0.05, 0) is 24.1 Å². The molecule has 1 rings (SSSR count). The molecule has 0 aliphatic rings. The first-order chi connectivity index (χ1) is 7.99. The second kappa shape index (κ2) is 5.89. The molecule has 0 aliphatic heterocycles. The Kier molecular flexibility index (Phi) is 4.51. The molecule has 0 saturated carbocycles. The lowest BCUT2D eigenvalue weighted by molar-refractivity contribution is -0.141. The van der Waals surface area contributed by atoms with E-state index in [2.05, 4.69) is 5.32 Å². The van der Waals surface area contributed by atoms with Gasteiger partial charge in [-0.1, -0.05) is 12.1 Å². The second-order valence-electron chi connectivity index (χ2n) is 3.85. The molecule has 0 aromatic heterocycles. The van der Waals surface area contributed by atoms with E-state index in [0.29, 0.717) is 0 Å². The van der Waals surface area contributed by atoms with Crippen molar-refractivity contribution in [2.75, 3.05) is 6.54 Å². The highest BCUT2D eigenvalue weighted by atomic mass is 16.4. The Hall–Kier alpha value is -2.04. The molecule has 5 heteroatoms. The van der Waals surface area contributed by atoms with Crippen LogP contribution in [0.3, 0.4) is 0 Å². The monoisotopic (exact) mass is 237 g/mol. The number of carbonyl (C=O) groups is 2.